The van der Waals surface area contributed by atoms with Gasteiger partial charge in [-0.2, -0.15) is 26.3 Å². The average Bonchev–Trinajstić information content (AvgIpc) is 2.77. The summed E-state index contributed by atoms with van der Waals surface area (Å²) in [6, 6.07) is 0. The molecule has 0 N–H and O–H groups in total. The molecule has 5 aliphatic rings. The fourth-order valence-electron chi connectivity index (χ4n) is 5.86. The molecule has 4 saturated carbocycles. The Labute approximate surface area is 179 Å². The minimum absolute atomic E-state index is 0.0544. The van der Waals surface area contributed by atoms with E-state index in [0.29, 0.717) is 26.2 Å². The van der Waals surface area contributed by atoms with Gasteiger partial charge in [-0.3, -0.25) is 4.79 Å². The summed E-state index contributed by atoms with van der Waals surface area (Å²) in [5.41, 5.74) is -0.968. The zero-order chi connectivity index (χ0) is 23.6. The number of carbonyl (C=O) groups excluding carboxylic acids is 2. The lowest BCUT2D eigenvalue weighted by Gasteiger charge is -2.62. The maximum absolute atomic E-state index is 13.8. The smallest absolute Gasteiger partial charge is 0.376 e. The molecule has 6 nitrogen and oxygen atoms in total. The Morgan fingerprint density at radius 1 is 0.906 bits per heavy atom. The lowest BCUT2D eigenvalue weighted by Crippen LogP contribution is -2.65. The van der Waals surface area contributed by atoms with Crippen molar-refractivity contribution in [2.45, 2.75) is 62.6 Å². The molecule has 5 fully saturated rings. The van der Waals surface area contributed by atoms with Gasteiger partial charge in [-0.15, -0.1) is 0 Å². The summed E-state index contributed by atoms with van der Waals surface area (Å²) in [5.74, 6) is -17.4. The largest absolute Gasteiger partial charge is 0.462 e. The van der Waals surface area contributed by atoms with E-state index in [-0.39, 0.29) is 18.8 Å². The van der Waals surface area contributed by atoms with Gasteiger partial charge in [0, 0.05) is 18.8 Å². The minimum Gasteiger partial charge on any atom is -0.462 e. The van der Waals surface area contributed by atoms with Gasteiger partial charge in [-0.1, -0.05) is 0 Å². The van der Waals surface area contributed by atoms with E-state index in [1.807, 2.05) is 0 Å². The van der Waals surface area contributed by atoms with E-state index in [1.54, 1.807) is 0 Å². The van der Waals surface area contributed by atoms with Crippen molar-refractivity contribution in [3.8, 4) is 0 Å². The van der Waals surface area contributed by atoms with E-state index in [1.165, 1.54) is 0 Å². The number of carbonyl (C=O) groups is 2. The first kappa shape index (κ1) is 23.6. The van der Waals surface area contributed by atoms with Gasteiger partial charge in [0.1, 0.15) is 26.4 Å². The van der Waals surface area contributed by atoms with Crippen LogP contribution in [0.5, 0.6) is 0 Å². The first-order valence-electron chi connectivity index (χ1n) is 10.5. The van der Waals surface area contributed by atoms with Crippen LogP contribution in [0.1, 0.15) is 39.0 Å². The van der Waals surface area contributed by atoms with Crippen molar-refractivity contribution in [3.05, 3.63) is 0 Å². The molecule has 1 saturated heterocycles. The Morgan fingerprint density at radius 3 is 1.91 bits per heavy atom. The monoisotopic (exact) mass is 474 g/mol. The molecule has 182 valence electrons. The molecule has 5 rings (SSSR count). The first-order valence-corrected chi connectivity index (χ1v) is 10.5. The SMILES string of the molecule is CC(F)(F)C(=O)OCCOC(=O)C12CC3CC(C1)C1(OCC(F)(F)C(F)(F)CO1)C(C3)C2. The molecule has 0 amide bonds. The van der Waals surface area contributed by atoms with E-state index in [0.717, 1.165) is 0 Å². The Balaban J connectivity index is 1.42. The van der Waals surface area contributed by atoms with Crippen LogP contribution >= 0.6 is 0 Å². The molecule has 1 heterocycles. The molecule has 0 aromatic rings. The minimum atomic E-state index is -4.37. The van der Waals surface area contributed by atoms with Crippen LogP contribution in [0.4, 0.5) is 26.3 Å². The molecule has 0 radical (unpaired) electrons. The number of alkyl halides is 6. The summed E-state index contributed by atoms with van der Waals surface area (Å²) in [6.45, 7) is -3.51. The van der Waals surface area contributed by atoms with Gasteiger partial charge in [0.25, 0.3) is 0 Å². The maximum Gasteiger partial charge on any atom is 0.376 e. The topological polar surface area (TPSA) is 71.1 Å². The molecule has 4 bridgehead atoms. The van der Waals surface area contributed by atoms with Crippen LogP contribution < -0.4 is 0 Å². The highest BCUT2D eigenvalue weighted by Gasteiger charge is 2.70. The summed E-state index contributed by atoms with van der Waals surface area (Å²) < 4.78 is 101. The maximum atomic E-state index is 13.8. The van der Waals surface area contributed by atoms with Gasteiger partial charge in [-0.25, -0.2) is 4.79 Å². The van der Waals surface area contributed by atoms with E-state index < -0.39 is 79.2 Å². The van der Waals surface area contributed by atoms with Crippen LogP contribution in [-0.2, 0) is 28.5 Å². The summed E-state index contributed by atoms with van der Waals surface area (Å²) in [6.07, 6.45) is 1.78. The van der Waals surface area contributed by atoms with Crippen LogP contribution in [0.2, 0.25) is 0 Å². The van der Waals surface area contributed by atoms with Gasteiger partial charge in [0.15, 0.2) is 5.79 Å². The first-order chi connectivity index (χ1) is 14.7. The summed E-state index contributed by atoms with van der Waals surface area (Å²) >= 11 is 0. The fraction of sp³-hybridized carbons (Fsp3) is 0.900. The molecule has 4 aliphatic carbocycles. The predicted octanol–water partition coefficient (Wildman–Crippen LogP) is 3.57. The Hall–Kier alpha value is -1.56. The van der Waals surface area contributed by atoms with Gasteiger partial charge in [0.2, 0.25) is 0 Å². The Bertz CT molecular complexity index is 745. The number of hydrogen-bond donors (Lipinski definition) is 0. The van der Waals surface area contributed by atoms with Gasteiger partial charge < -0.3 is 18.9 Å². The zero-order valence-electron chi connectivity index (χ0n) is 17.3. The molecular weight excluding hydrogens is 450 g/mol. The Morgan fingerprint density at radius 2 is 1.41 bits per heavy atom. The highest BCUT2D eigenvalue weighted by atomic mass is 19.3. The van der Waals surface area contributed by atoms with E-state index >= 15 is 0 Å². The molecule has 12 heteroatoms. The molecule has 1 spiro atoms. The molecule has 2 atom stereocenters. The van der Waals surface area contributed by atoms with Crippen molar-refractivity contribution in [2.75, 3.05) is 26.4 Å². The normalized spacial score (nSPS) is 36.5. The number of esters is 2. The van der Waals surface area contributed by atoms with E-state index in [4.69, 9.17) is 14.2 Å². The molecule has 0 aromatic heterocycles. The molecule has 1 aliphatic heterocycles. The fourth-order valence-corrected chi connectivity index (χ4v) is 5.86. The molecular formula is C20H24F6O6. The average molecular weight is 474 g/mol. The zero-order valence-corrected chi connectivity index (χ0v) is 17.3. The third-order valence-electron chi connectivity index (χ3n) is 7.16. The summed E-state index contributed by atoms with van der Waals surface area (Å²) in [5, 5.41) is 0. The van der Waals surface area contributed by atoms with Crippen molar-refractivity contribution in [2.24, 2.45) is 23.2 Å². The number of halogens is 6. The van der Waals surface area contributed by atoms with Crippen molar-refractivity contribution in [1.29, 1.82) is 0 Å². The van der Waals surface area contributed by atoms with Gasteiger partial charge >= 0.3 is 29.7 Å². The Kier molecular flexibility index (Phi) is 5.51. The third kappa shape index (κ3) is 3.76. The van der Waals surface area contributed by atoms with Crippen LogP contribution in [0.15, 0.2) is 0 Å². The summed E-state index contributed by atoms with van der Waals surface area (Å²) in [4.78, 5) is 23.9. The highest BCUT2D eigenvalue weighted by Crippen LogP contribution is 2.66. The second-order valence-corrected chi connectivity index (χ2v) is 9.49. The van der Waals surface area contributed by atoms with Gasteiger partial charge in [0.05, 0.1) is 5.41 Å². The van der Waals surface area contributed by atoms with Crippen LogP contribution in [0, 0.1) is 23.2 Å². The number of hydrogen-bond acceptors (Lipinski definition) is 6. The van der Waals surface area contributed by atoms with Crippen LogP contribution in [0.3, 0.4) is 0 Å². The van der Waals surface area contributed by atoms with Crippen molar-refractivity contribution in [3.63, 3.8) is 0 Å². The van der Waals surface area contributed by atoms with Crippen LogP contribution in [-0.4, -0.2) is 61.9 Å². The van der Waals surface area contributed by atoms with Crippen molar-refractivity contribution >= 4 is 11.9 Å². The number of ether oxygens (including phenoxy) is 4. The lowest BCUT2D eigenvalue weighted by molar-refractivity contribution is -0.346. The van der Waals surface area contributed by atoms with Crippen molar-refractivity contribution in [1.82, 2.24) is 0 Å². The standard InChI is InChI=1S/C20H24F6O6/c1-16(21,22)14(27)29-2-3-30-15(28)17-6-11-4-12(7-17)20(13(5-11)8-17)31-9-18(23,24)19(25,26)10-32-20/h11-13H,2-10H2,1H3. The van der Waals surface area contributed by atoms with Gasteiger partial charge in [-0.05, 0) is 38.0 Å². The highest BCUT2D eigenvalue weighted by molar-refractivity contribution is 5.78. The molecule has 2 unspecified atom stereocenters. The third-order valence-corrected chi connectivity index (χ3v) is 7.16. The number of rotatable bonds is 5. The van der Waals surface area contributed by atoms with E-state index in [2.05, 4.69) is 4.74 Å². The molecule has 32 heavy (non-hydrogen) atoms. The lowest BCUT2D eigenvalue weighted by atomic mass is 9.47. The van der Waals surface area contributed by atoms with E-state index in [9.17, 15) is 35.9 Å². The predicted molar refractivity (Wildman–Crippen MR) is 93.1 cm³/mol. The second-order valence-electron chi connectivity index (χ2n) is 9.49. The molecule has 0 aromatic carbocycles. The quantitative estimate of drug-likeness (QED) is 0.345. The van der Waals surface area contributed by atoms with Crippen molar-refractivity contribution < 1.29 is 54.9 Å². The summed E-state index contributed by atoms with van der Waals surface area (Å²) in [7, 11) is 0. The van der Waals surface area contributed by atoms with Crippen LogP contribution in [0.25, 0.3) is 0 Å². The second kappa shape index (κ2) is 7.48.